The molecule has 0 amide bonds. The van der Waals surface area contributed by atoms with Gasteiger partial charge in [-0.1, -0.05) is 12.1 Å². The molecule has 0 aromatic heterocycles. The van der Waals surface area contributed by atoms with Gasteiger partial charge in [0.1, 0.15) is 5.75 Å². The average molecular weight is 244 g/mol. The molecule has 0 aliphatic carbocycles. The molecular formula is C12H11F3O2. The molecular weight excluding hydrogens is 233 g/mol. The van der Waals surface area contributed by atoms with Gasteiger partial charge in [0.25, 0.3) is 0 Å². The first-order chi connectivity index (χ1) is 7.96. The lowest BCUT2D eigenvalue weighted by Gasteiger charge is -2.06. The Bertz CT molecular complexity index is 405. The summed E-state index contributed by atoms with van der Waals surface area (Å²) in [5.74, 6) is 0.550. The summed E-state index contributed by atoms with van der Waals surface area (Å²) in [6.45, 7) is 2.27. The van der Waals surface area contributed by atoms with Crippen LogP contribution < -0.4 is 4.74 Å². The Morgan fingerprint density at radius 3 is 2.29 bits per heavy atom. The van der Waals surface area contributed by atoms with Crippen molar-refractivity contribution in [3.63, 3.8) is 0 Å². The number of alkyl halides is 3. The van der Waals surface area contributed by atoms with Gasteiger partial charge in [-0.15, -0.1) is 0 Å². The molecule has 0 saturated heterocycles. The van der Waals surface area contributed by atoms with Crippen molar-refractivity contribution in [1.29, 1.82) is 0 Å². The van der Waals surface area contributed by atoms with Gasteiger partial charge >= 0.3 is 6.18 Å². The zero-order chi connectivity index (χ0) is 12.9. The molecule has 0 bridgehead atoms. The maximum Gasteiger partial charge on any atom is 0.410 e. The second kappa shape index (κ2) is 5.52. The molecule has 5 heteroatoms. The minimum atomic E-state index is -4.51. The highest BCUT2D eigenvalue weighted by atomic mass is 19.4. The van der Waals surface area contributed by atoms with Crippen LogP contribution in [0.1, 0.15) is 12.5 Å². The molecule has 0 atom stereocenters. The van der Waals surface area contributed by atoms with Crippen LogP contribution in [0.25, 0.3) is 5.57 Å². The van der Waals surface area contributed by atoms with Gasteiger partial charge < -0.3 is 4.74 Å². The maximum atomic E-state index is 12.1. The van der Waals surface area contributed by atoms with E-state index in [1.807, 2.05) is 0 Å². The molecule has 0 aliphatic heterocycles. The Hall–Kier alpha value is -1.78. The van der Waals surface area contributed by atoms with Gasteiger partial charge in [0.15, 0.2) is 6.29 Å². The molecule has 0 saturated carbocycles. The third kappa shape index (κ3) is 4.30. The third-order valence-corrected chi connectivity index (χ3v) is 1.94. The number of aldehydes is 1. The SMILES string of the molecule is CCOc1ccc(/C(C=O)=C\C(F)(F)F)cc1. The van der Waals surface area contributed by atoms with Crippen molar-refractivity contribution in [3.05, 3.63) is 35.9 Å². The van der Waals surface area contributed by atoms with Crippen LogP contribution in [0.2, 0.25) is 0 Å². The van der Waals surface area contributed by atoms with Crippen molar-refractivity contribution in [2.75, 3.05) is 6.61 Å². The van der Waals surface area contributed by atoms with Gasteiger partial charge in [-0.3, -0.25) is 4.79 Å². The summed E-state index contributed by atoms with van der Waals surface area (Å²) >= 11 is 0. The van der Waals surface area contributed by atoms with E-state index in [1.165, 1.54) is 24.3 Å². The van der Waals surface area contributed by atoms with E-state index in [9.17, 15) is 18.0 Å². The zero-order valence-electron chi connectivity index (χ0n) is 9.12. The molecule has 1 aromatic carbocycles. The van der Waals surface area contributed by atoms with Gasteiger partial charge in [0.05, 0.1) is 6.61 Å². The highest BCUT2D eigenvalue weighted by Gasteiger charge is 2.24. The first kappa shape index (κ1) is 13.3. The second-order valence-electron chi connectivity index (χ2n) is 3.22. The third-order valence-electron chi connectivity index (χ3n) is 1.94. The summed E-state index contributed by atoms with van der Waals surface area (Å²) in [6, 6.07) is 5.87. The number of carbonyl (C=O) groups excluding carboxylic acids is 1. The molecule has 0 spiro atoms. The van der Waals surface area contributed by atoms with Crippen molar-refractivity contribution < 1.29 is 22.7 Å². The van der Waals surface area contributed by atoms with Gasteiger partial charge in [-0.25, -0.2) is 0 Å². The molecule has 1 rings (SSSR count). The van der Waals surface area contributed by atoms with E-state index < -0.39 is 11.7 Å². The Balaban J connectivity index is 2.98. The van der Waals surface area contributed by atoms with Crippen molar-refractivity contribution in [2.24, 2.45) is 0 Å². The maximum absolute atomic E-state index is 12.1. The summed E-state index contributed by atoms with van der Waals surface area (Å²) in [5.41, 5.74) is -0.193. The van der Waals surface area contributed by atoms with E-state index >= 15 is 0 Å². The fourth-order valence-electron chi connectivity index (χ4n) is 1.27. The summed E-state index contributed by atoms with van der Waals surface area (Å²) < 4.78 is 41.5. The first-order valence-electron chi connectivity index (χ1n) is 4.94. The van der Waals surface area contributed by atoms with Crippen LogP contribution in [0, 0.1) is 0 Å². The predicted molar refractivity (Wildman–Crippen MR) is 57.7 cm³/mol. The van der Waals surface area contributed by atoms with Gasteiger partial charge in [-0.2, -0.15) is 13.2 Å². The topological polar surface area (TPSA) is 26.3 Å². The van der Waals surface area contributed by atoms with E-state index in [2.05, 4.69) is 0 Å². The Morgan fingerprint density at radius 1 is 1.29 bits per heavy atom. The van der Waals surface area contributed by atoms with Gasteiger partial charge in [-0.05, 0) is 24.6 Å². The van der Waals surface area contributed by atoms with Crippen molar-refractivity contribution in [1.82, 2.24) is 0 Å². The molecule has 17 heavy (non-hydrogen) atoms. The summed E-state index contributed by atoms with van der Waals surface area (Å²) in [4.78, 5) is 10.6. The zero-order valence-corrected chi connectivity index (χ0v) is 9.12. The van der Waals surface area contributed by atoms with Crippen molar-refractivity contribution >= 4 is 11.9 Å². The Labute approximate surface area is 96.7 Å². The summed E-state index contributed by atoms with van der Waals surface area (Å²) in [5, 5.41) is 0. The number of rotatable bonds is 4. The summed E-state index contributed by atoms with van der Waals surface area (Å²) in [6.07, 6.45) is -4.34. The number of benzene rings is 1. The number of allylic oxidation sites excluding steroid dienone is 2. The van der Waals surface area contributed by atoms with E-state index in [-0.39, 0.29) is 17.9 Å². The minimum Gasteiger partial charge on any atom is -0.494 e. The van der Waals surface area contributed by atoms with Crippen LogP contribution in [0.3, 0.4) is 0 Å². The molecule has 0 heterocycles. The van der Waals surface area contributed by atoms with Crippen molar-refractivity contribution in [2.45, 2.75) is 13.1 Å². The van der Waals surface area contributed by atoms with E-state index in [4.69, 9.17) is 4.74 Å². The van der Waals surface area contributed by atoms with E-state index in [1.54, 1.807) is 6.92 Å². The van der Waals surface area contributed by atoms with Crippen LogP contribution >= 0.6 is 0 Å². The lowest BCUT2D eigenvalue weighted by Crippen LogP contribution is -2.04. The van der Waals surface area contributed by atoms with Crippen LogP contribution in [-0.2, 0) is 4.79 Å². The number of carbonyl (C=O) groups is 1. The lowest BCUT2D eigenvalue weighted by molar-refractivity contribution is -0.104. The molecule has 92 valence electrons. The first-order valence-corrected chi connectivity index (χ1v) is 4.94. The number of hydrogen-bond acceptors (Lipinski definition) is 2. The number of hydrogen-bond donors (Lipinski definition) is 0. The predicted octanol–water partition coefficient (Wildman–Crippen LogP) is 3.23. The number of halogens is 3. The molecule has 0 radical (unpaired) electrons. The molecule has 0 N–H and O–H groups in total. The fourth-order valence-corrected chi connectivity index (χ4v) is 1.27. The quantitative estimate of drug-likeness (QED) is 0.600. The Kier molecular flexibility index (Phi) is 4.31. The van der Waals surface area contributed by atoms with Gasteiger partial charge in [0, 0.05) is 11.6 Å². The van der Waals surface area contributed by atoms with Gasteiger partial charge in [0.2, 0.25) is 0 Å². The molecule has 0 aliphatic rings. The largest absolute Gasteiger partial charge is 0.494 e. The highest BCUT2D eigenvalue weighted by Crippen LogP contribution is 2.24. The van der Waals surface area contributed by atoms with Crippen molar-refractivity contribution in [3.8, 4) is 5.75 Å². The van der Waals surface area contributed by atoms with Crippen LogP contribution in [-0.4, -0.2) is 19.1 Å². The minimum absolute atomic E-state index is 0.0182. The molecule has 0 unspecified atom stereocenters. The monoisotopic (exact) mass is 244 g/mol. The van der Waals surface area contributed by atoms with Crippen LogP contribution in [0.15, 0.2) is 30.3 Å². The second-order valence-corrected chi connectivity index (χ2v) is 3.22. The Morgan fingerprint density at radius 2 is 1.88 bits per heavy atom. The summed E-state index contributed by atoms with van der Waals surface area (Å²) in [7, 11) is 0. The smallest absolute Gasteiger partial charge is 0.410 e. The van der Waals surface area contributed by atoms with E-state index in [0.29, 0.717) is 12.4 Å². The molecule has 1 aromatic rings. The fraction of sp³-hybridized carbons (Fsp3) is 0.250. The van der Waals surface area contributed by atoms with E-state index in [0.717, 1.165) is 0 Å². The highest BCUT2D eigenvalue weighted by molar-refractivity contribution is 6.07. The average Bonchev–Trinajstić information content (AvgIpc) is 2.26. The number of ether oxygens (including phenoxy) is 1. The van der Waals surface area contributed by atoms with Crippen LogP contribution in [0.4, 0.5) is 13.2 Å². The van der Waals surface area contributed by atoms with Crippen LogP contribution in [0.5, 0.6) is 5.75 Å². The lowest BCUT2D eigenvalue weighted by atomic mass is 10.1. The standard InChI is InChI=1S/C12H11F3O2/c1-2-17-11-5-3-9(4-6-11)10(8-16)7-12(13,14)15/h3-8H,2H2,1H3/b10-7-. The normalized spacial score (nSPS) is 12.4. The molecule has 0 fully saturated rings. The molecule has 2 nitrogen and oxygen atoms in total.